The van der Waals surface area contributed by atoms with Crippen molar-refractivity contribution < 1.29 is 9.18 Å². The molecule has 0 spiro atoms. The van der Waals surface area contributed by atoms with E-state index in [0.29, 0.717) is 0 Å². The van der Waals surface area contributed by atoms with Crippen LogP contribution < -0.4 is 11.1 Å². The summed E-state index contributed by atoms with van der Waals surface area (Å²) in [5, 5.41) is 2.89. The molecule has 0 bridgehead atoms. The van der Waals surface area contributed by atoms with Crippen molar-refractivity contribution >= 4 is 5.91 Å². The summed E-state index contributed by atoms with van der Waals surface area (Å²) in [4.78, 5) is 12.1. The normalized spacial score (nSPS) is 20.0. The maximum absolute atomic E-state index is 12.8. The number of hydrogen-bond acceptors (Lipinski definition) is 2. The molecule has 0 radical (unpaired) electrons. The second-order valence-electron chi connectivity index (χ2n) is 5.30. The highest BCUT2D eigenvalue weighted by molar-refractivity contribution is 5.86. The van der Waals surface area contributed by atoms with Crippen molar-refractivity contribution in [3.05, 3.63) is 35.6 Å². The van der Waals surface area contributed by atoms with Gasteiger partial charge in [-0.2, -0.15) is 0 Å². The first kappa shape index (κ1) is 13.0. The third-order valence-corrected chi connectivity index (χ3v) is 3.63. The van der Waals surface area contributed by atoms with Crippen LogP contribution in [0.1, 0.15) is 38.3 Å². The van der Waals surface area contributed by atoms with Crippen LogP contribution >= 0.6 is 0 Å². The van der Waals surface area contributed by atoms with E-state index in [1.54, 1.807) is 19.1 Å². The van der Waals surface area contributed by atoms with Crippen molar-refractivity contribution in [1.29, 1.82) is 0 Å². The van der Waals surface area contributed by atoms with E-state index in [4.69, 9.17) is 5.73 Å². The first-order chi connectivity index (χ1) is 8.41. The number of carbonyl (C=O) groups excluding carboxylic acids is 1. The van der Waals surface area contributed by atoms with Gasteiger partial charge in [0.1, 0.15) is 5.82 Å². The van der Waals surface area contributed by atoms with Crippen LogP contribution in [0.2, 0.25) is 0 Å². The van der Waals surface area contributed by atoms with Crippen molar-refractivity contribution in [3.8, 4) is 0 Å². The van der Waals surface area contributed by atoms with Gasteiger partial charge in [-0.05, 0) is 50.3 Å². The van der Waals surface area contributed by atoms with Gasteiger partial charge in [0, 0.05) is 0 Å². The van der Waals surface area contributed by atoms with Crippen LogP contribution in [0.5, 0.6) is 0 Å². The van der Waals surface area contributed by atoms with Crippen LogP contribution in [0.15, 0.2) is 24.3 Å². The summed E-state index contributed by atoms with van der Waals surface area (Å²) < 4.78 is 12.8. The van der Waals surface area contributed by atoms with Gasteiger partial charge < -0.3 is 11.1 Å². The summed E-state index contributed by atoms with van der Waals surface area (Å²) in [7, 11) is 0. The Morgan fingerprint density at radius 3 is 2.50 bits per heavy atom. The van der Waals surface area contributed by atoms with Crippen LogP contribution in [-0.4, -0.2) is 11.4 Å². The molecular formula is C14H19FN2O. The van der Waals surface area contributed by atoms with Crippen molar-refractivity contribution in [1.82, 2.24) is 5.32 Å². The van der Waals surface area contributed by atoms with Gasteiger partial charge in [0.15, 0.2) is 0 Å². The molecule has 3 nitrogen and oxygen atoms in total. The number of nitrogens with one attached hydrogen (secondary N) is 1. The lowest BCUT2D eigenvalue weighted by Gasteiger charge is -2.26. The highest BCUT2D eigenvalue weighted by atomic mass is 19.1. The summed E-state index contributed by atoms with van der Waals surface area (Å²) >= 11 is 0. The maximum atomic E-state index is 12.8. The number of nitrogens with two attached hydrogens (primary N) is 1. The molecule has 1 saturated carbocycles. The number of halogens is 1. The van der Waals surface area contributed by atoms with Crippen LogP contribution in [0.4, 0.5) is 4.39 Å². The van der Waals surface area contributed by atoms with E-state index in [0.717, 1.165) is 18.4 Å². The van der Waals surface area contributed by atoms with Crippen LogP contribution in [0, 0.1) is 11.7 Å². The van der Waals surface area contributed by atoms with Gasteiger partial charge in [0.25, 0.3) is 0 Å². The van der Waals surface area contributed by atoms with Crippen LogP contribution in [0.3, 0.4) is 0 Å². The lowest BCUT2D eigenvalue weighted by molar-refractivity contribution is -0.127. The molecule has 1 fully saturated rings. The van der Waals surface area contributed by atoms with Gasteiger partial charge in [-0.3, -0.25) is 4.79 Å². The molecule has 1 amide bonds. The molecule has 0 aliphatic heterocycles. The molecule has 18 heavy (non-hydrogen) atoms. The molecule has 3 N–H and O–H groups in total. The Bertz CT molecular complexity index is 438. The van der Waals surface area contributed by atoms with E-state index >= 15 is 0 Å². The Hall–Kier alpha value is -1.42. The maximum Gasteiger partial charge on any atom is 0.240 e. The Kier molecular flexibility index (Phi) is 3.39. The summed E-state index contributed by atoms with van der Waals surface area (Å²) in [6.45, 7) is 3.64. The average Bonchev–Trinajstić information content (AvgIpc) is 3.13. The molecule has 1 unspecified atom stereocenters. The third kappa shape index (κ3) is 2.70. The molecule has 0 saturated heterocycles. The van der Waals surface area contributed by atoms with E-state index in [9.17, 15) is 9.18 Å². The molecule has 1 aromatic carbocycles. The molecule has 0 heterocycles. The van der Waals surface area contributed by atoms with E-state index in [1.807, 2.05) is 6.92 Å². The van der Waals surface area contributed by atoms with Crippen molar-refractivity contribution in [2.75, 3.05) is 0 Å². The standard InChI is InChI=1S/C14H19FN2O/c1-9(10-3-7-12(15)8-4-10)17-13(18)14(2,16)11-5-6-11/h3-4,7-9,11H,5-6,16H2,1-2H3,(H,17,18)/t9-,14?/m0/s1. The molecular weight excluding hydrogens is 231 g/mol. The minimum atomic E-state index is -0.797. The lowest BCUT2D eigenvalue weighted by atomic mass is 9.95. The highest BCUT2D eigenvalue weighted by Crippen LogP contribution is 2.38. The minimum absolute atomic E-state index is 0.137. The molecule has 1 aromatic rings. The summed E-state index contributed by atoms with van der Waals surface area (Å²) in [6.07, 6.45) is 2.04. The van der Waals surface area contributed by atoms with Gasteiger partial charge in [-0.25, -0.2) is 4.39 Å². The van der Waals surface area contributed by atoms with Crippen molar-refractivity contribution in [2.45, 2.75) is 38.3 Å². The molecule has 2 atom stereocenters. The molecule has 98 valence electrons. The van der Waals surface area contributed by atoms with Crippen molar-refractivity contribution in [3.63, 3.8) is 0 Å². The first-order valence-corrected chi connectivity index (χ1v) is 6.26. The summed E-state index contributed by atoms with van der Waals surface area (Å²) in [6, 6.07) is 5.96. The summed E-state index contributed by atoms with van der Waals surface area (Å²) in [5.41, 5.74) is 6.12. The zero-order valence-corrected chi connectivity index (χ0v) is 10.7. The van der Waals surface area contributed by atoms with Gasteiger partial charge in [-0.1, -0.05) is 12.1 Å². The van der Waals surface area contributed by atoms with Gasteiger partial charge in [-0.15, -0.1) is 0 Å². The monoisotopic (exact) mass is 250 g/mol. The van der Waals surface area contributed by atoms with E-state index in [2.05, 4.69) is 5.32 Å². The molecule has 2 rings (SSSR count). The number of benzene rings is 1. The van der Waals surface area contributed by atoms with Crippen molar-refractivity contribution in [2.24, 2.45) is 11.7 Å². The third-order valence-electron chi connectivity index (χ3n) is 3.63. The minimum Gasteiger partial charge on any atom is -0.348 e. The largest absolute Gasteiger partial charge is 0.348 e. The Balaban J connectivity index is 2.00. The van der Waals surface area contributed by atoms with Crippen LogP contribution in [0.25, 0.3) is 0 Å². The smallest absolute Gasteiger partial charge is 0.240 e. The second kappa shape index (κ2) is 4.69. The van der Waals surface area contributed by atoms with E-state index < -0.39 is 5.54 Å². The first-order valence-electron chi connectivity index (χ1n) is 6.26. The van der Waals surface area contributed by atoms with Gasteiger partial charge in [0.2, 0.25) is 5.91 Å². The Morgan fingerprint density at radius 1 is 1.44 bits per heavy atom. The quantitative estimate of drug-likeness (QED) is 0.860. The number of hydrogen-bond donors (Lipinski definition) is 2. The Labute approximate surface area is 107 Å². The fraction of sp³-hybridized carbons (Fsp3) is 0.500. The molecule has 4 heteroatoms. The van der Waals surface area contributed by atoms with E-state index in [1.165, 1.54) is 12.1 Å². The predicted molar refractivity (Wildman–Crippen MR) is 68.3 cm³/mol. The zero-order valence-electron chi connectivity index (χ0n) is 10.7. The number of carbonyl (C=O) groups is 1. The SMILES string of the molecule is C[C@H](NC(=O)C(C)(N)C1CC1)c1ccc(F)cc1. The number of rotatable bonds is 4. The fourth-order valence-electron chi connectivity index (χ4n) is 2.06. The van der Waals surface area contributed by atoms with Gasteiger partial charge >= 0.3 is 0 Å². The fourth-order valence-corrected chi connectivity index (χ4v) is 2.06. The topological polar surface area (TPSA) is 55.1 Å². The molecule has 1 aliphatic carbocycles. The molecule has 0 aromatic heterocycles. The zero-order chi connectivity index (χ0) is 13.3. The second-order valence-corrected chi connectivity index (χ2v) is 5.30. The van der Waals surface area contributed by atoms with E-state index in [-0.39, 0.29) is 23.7 Å². The Morgan fingerprint density at radius 2 is 2.00 bits per heavy atom. The lowest BCUT2D eigenvalue weighted by Crippen LogP contribution is -2.53. The highest BCUT2D eigenvalue weighted by Gasteiger charge is 2.44. The summed E-state index contributed by atoms with van der Waals surface area (Å²) in [5.74, 6) is -0.126. The number of amides is 1. The molecule has 1 aliphatic rings. The van der Waals surface area contributed by atoms with Gasteiger partial charge in [0.05, 0.1) is 11.6 Å². The predicted octanol–water partition coefficient (Wildman–Crippen LogP) is 2.13. The van der Waals surface area contributed by atoms with Crippen LogP contribution in [-0.2, 0) is 4.79 Å². The average molecular weight is 250 g/mol.